The second-order valence-corrected chi connectivity index (χ2v) is 7.71. The molecular formula is C5H4ClNS4. The number of rotatable bonds is 4. The maximum atomic E-state index is 5.39. The lowest BCUT2D eigenvalue weighted by atomic mass is 10.5. The first-order valence-corrected chi connectivity index (χ1v) is 8.27. The van der Waals surface area contributed by atoms with Gasteiger partial charge in [0, 0.05) is 26.0 Å². The third kappa shape index (κ3) is 4.42. The number of pyridine rings is 1. The predicted octanol–water partition coefficient (Wildman–Crippen LogP) is 4.27. The molecule has 1 aromatic rings. The van der Waals surface area contributed by atoms with Crippen LogP contribution < -0.4 is 0 Å². The van der Waals surface area contributed by atoms with Gasteiger partial charge in [0.1, 0.15) is 5.03 Å². The van der Waals surface area contributed by atoms with Crippen LogP contribution in [-0.4, -0.2) is 4.98 Å². The molecular weight excluding hydrogens is 238 g/mol. The van der Waals surface area contributed by atoms with Gasteiger partial charge in [0.05, 0.1) is 0 Å². The van der Waals surface area contributed by atoms with Gasteiger partial charge in [-0.3, -0.25) is 0 Å². The lowest BCUT2D eigenvalue weighted by Crippen LogP contribution is -1.70. The average Bonchev–Trinajstić information content (AvgIpc) is 2.07. The maximum Gasteiger partial charge on any atom is 0.107 e. The first kappa shape index (κ1) is 9.92. The van der Waals surface area contributed by atoms with Crippen LogP contribution in [0.5, 0.6) is 0 Å². The molecule has 0 atom stereocenters. The largest absolute Gasteiger partial charge is 0.249 e. The molecule has 1 rings (SSSR count). The van der Waals surface area contributed by atoms with Crippen molar-refractivity contribution in [1.29, 1.82) is 0 Å². The second-order valence-electron chi connectivity index (χ2n) is 1.45. The van der Waals surface area contributed by atoms with E-state index in [1.54, 1.807) is 26.8 Å². The summed E-state index contributed by atoms with van der Waals surface area (Å²) in [5.74, 6) is 0. The van der Waals surface area contributed by atoms with Crippen molar-refractivity contribution in [3.63, 3.8) is 0 Å². The van der Waals surface area contributed by atoms with Crippen molar-refractivity contribution in [1.82, 2.24) is 4.98 Å². The van der Waals surface area contributed by atoms with Crippen LogP contribution in [0, 0.1) is 0 Å². The Morgan fingerprint density at radius 3 is 2.82 bits per heavy atom. The molecule has 0 bridgehead atoms. The highest BCUT2D eigenvalue weighted by Crippen LogP contribution is 2.47. The Bertz CT molecular complexity index is 195. The molecule has 60 valence electrons. The van der Waals surface area contributed by atoms with E-state index in [1.165, 1.54) is 19.8 Å². The first-order valence-electron chi connectivity index (χ1n) is 2.63. The van der Waals surface area contributed by atoms with Gasteiger partial charge in [0.15, 0.2) is 0 Å². The highest BCUT2D eigenvalue weighted by atomic mass is 35.7. The molecule has 0 aliphatic rings. The zero-order valence-electron chi connectivity index (χ0n) is 5.27. The highest BCUT2D eigenvalue weighted by molar-refractivity contribution is 9.28. The van der Waals surface area contributed by atoms with Crippen molar-refractivity contribution in [2.45, 2.75) is 5.03 Å². The van der Waals surface area contributed by atoms with E-state index >= 15 is 0 Å². The number of nitrogens with zero attached hydrogens (tertiary/aromatic N) is 1. The maximum absolute atomic E-state index is 5.39. The van der Waals surface area contributed by atoms with Crippen molar-refractivity contribution in [2.75, 3.05) is 0 Å². The summed E-state index contributed by atoms with van der Waals surface area (Å²) in [7, 11) is 11.4. The third-order valence-electron chi connectivity index (χ3n) is 0.811. The van der Waals surface area contributed by atoms with Gasteiger partial charge in [-0.2, -0.15) is 0 Å². The van der Waals surface area contributed by atoms with E-state index < -0.39 is 0 Å². The molecule has 0 amide bonds. The van der Waals surface area contributed by atoms with Crippen LogP contribution in [0.15, 0.2) is 29.4 Å². The van der Waals surface area contributed by atoms with Gasteiger partial charge in [-0.25, -0.2) is 4.98 Å². The lowest BCUT2D eigenvalue weighted by Gasteiger charge is -1.94. The van der Waals surface area contributed by atoms with Gasteiger partial charge in [0.2, 0.25) is 0 Å². The summed E-state index contributed by atoms with van der Waals surface area (Å²) in [6.07, 6.45) is 1.78. The van der Waals surface area contributed by atoms with Crippen LogP contribution in [0.1, 0.15) is 0 Å². The summed E-state index contributed by atoms with van der Waals surface area (Å²) in [6, 6.07) is 5.84. The molecule has 0 N–H and O–H groups in total. The molecule has 0 saturated heterocycles. The van der Waals surface area contributed by atoms with Gasteiger partial charge < -0.3 is 0 Å². The van der Waals surface area contributed by atoms with Crippen molar-refractivity contribution in [3.05, 3.63) is 24.4 Å². The topological polar surface area (TPSA) is 12.9 Å². The zero-order valence-corrected chi connectivity index (χ0v) is 9.29. The van der Waals surface area contributed by atoms with Gasteiger partial charge in [-0.15, -0.1) is 0 Å². The van der Waals surface area contributed by atoms with Crippen LogP contribution >= 0.6 is 51.1 Å². The normalized spacial score (nSPS) is 9.91. The summed E-state index contributed by atoms with van der Waals surface area (Å²) in [4.78, 5) is 4.13. The molecule has 0 radical (unpaired) electrons. The highest BCUT2D eigenvalue weighted by Gasteiger charge is 1.93. The van der Waals surface area contributed by atoms with E-state index in [2.05, 4.69) is 4.98 Å². The molecule has 1 heterocycles. The van der Waals surface area contributed by atoms with E-state index in [-0.39, 0.29) is 0 Å². The van der Waals surface area contributed by atoms with Crippen LogP contribution in [0.4, 0.5) is 0 Å². The third-order valence-corrected chi connectivity index (χ3v) is 6.90. The number of halogens is 1. The van der Waals surface area contributed by atoms with E-state index in [1.807, 2.05) is 18.2 Å². The standard InChI is InChI=1S/C5H4ClNS4/c6-9-11-10-8-5-3-1-2-4-7-5/h1-4H. The minimum atomic E-state index is 1.01. The van der Waals surface area contributed by atoms with Crippen molar-refractivity contribution in [3.8, 4) is 0 Å². The SMILES string of the molecule is ClSSSSc1ccccn1. The minimum absolute atomic E-state index is 1.01. The van der Waals surface area contributed by atoms with E-state index in [9.17, 15) is 0 Å². The summed E-state index contributed by atoms with van der Waals surface area (Å²) in [5, 5.41) is 1.01. The quantitative estimate of drug-likeness (QED) is 0.575. The minimum Gasteiger partial charge on any atom is -0.249 e. The molecule has 0 saturated carbocycles. The Morgan fingerprint density at radius 1 is 1.27 bits per heavy atom. The summed E-state index contributed by atoms with van der Waals surface area (Å²) < 4.78 is 0. The molecule has 0 aliphatic carbocycles. The molecule has 0 aromatic carbocycles. The van der Waals surface area contributed by atoms with Gasteiger partial charge in [0.25, 0.3) is 0 Å². The van der Waals surface area contributed by atoms with Crippen LogP contribution in [0.3, 0.4) is 0 Å². The fourth-order valence-corrected chi connectivity index (χ4v) is 5.55. The molecule has 0 unspecified atom stereocenters. The summed E-state index contributed by atoms with van der Waals surface area (Å²) in [5.41, 5.74) is 0. The van der Waals surface area contributed by atoms with Crippen LogP contribution in [0.2, 0.25) is 0 Å². The van der Waals surface area contributed by atoms with Crippen molar-refractivity contribution >= 4 is 51.1 Å². The average molecular weight is 242 g/mol. The Balaban J connectivity index is 2.28. The Labute approximate surface area is 85.2 Å². The summed E-state index contributed by atoms with van der Waals surface area (Å²) >= 11 is 0. The number of hydrogen-bond donors (Lipinski definition) is 0. The van der Waals surface area contributed by atoms with E-state index in [0.717, 1.165) is 5.03 Å². The first-order chi connectivity index (χ1) is 5.43. The Hall–Kier alpha value is 0.840. The molecule has 0 aliphatic heterocycles. The molecule has 0 spiro atoms. The van der Waals surface area contributed by atoms with Gasteiger partial charge in [-0.1, -0.05) is 6.07 Å². The molecule has 1 nitrogen and oxygen atoms in total. The molecule has 0 fully saturated rings. The molecule has 1 aromatic heterocycles. The fraction of sp³-hybridized carbons (Fsp3) is 0. The Morgan fingerprint density at radius 2 is 2.18 bits per heavy atom. The molecule has 11 heavy (non-hydrogen) atoms. The van der Waals surface area contributed by atoms with Crippen molar-refractivity contribution in [2.24, 2.45) is 0 Å². The van der Waals surface area contributed by atoms with Gasteiger partial charge in [-0.05, 0) is 43.4 Å². The van der Waals surface area contributed by atoms with Crippen molar-refractivity contribution < 1.29 is 0 Å². The molecule has 6 heteroatoms. The predicted molar refractivity (Wildman–Crippen MR) is 58.7 cm³/mol. The summed E-state index contributed by atoms with van der Waals surface area (Å²) in [6.45, 7) is 0. The zero-order chi connectivity index (χ0) is 7.94. The van der Waals surface area contributed by atoms with E-state index in [0.29, 0.717) is 0 Å². The van der Waals surface area contributed by atoms with Gasteiger partial charge >= 0.3 is 0 Å². The van der Waals surface area contributed by atoms with E-state index in [4.69, 9.17) is 10.7 Å². The lowest BCUT2D eigenvalue weighted by molar-refractivity contribution is 1.14. The van der Waals surface area contributed by atoms with Crippen LogP contribution in [0.25, 0.3) is 0 Å². The monoisotopic (exact) mass is 241 g/mol. The Kier molecular flexibility index (Phi) is 5.74. The van der Waals surface area contributed by atoms with Crippen LogP contribution in [-0.2, 0) is 0 Å². The fourth-order valence-electron chi connectivity index (χ4n) is 0.456. The second kappa shape index (κ2) is 6.37. The number of hydrogen-bond acceptors (Lipinski definition) is 5. The smallest absolute Gasteiger partial charge is 0.107 e. The number of aromatic nitrogens is 1.